The molecule has 1 saturated carbocycles. The SMILES string of the molecule is Cl.O=C(Nc1cc2oc(N3CCOCC3)nc2nc1C1CC1)c1cnn2cccnc12. The Hall–Kier alpha value is -3.24. The molecule has 4 aromatic rings. The van der Waals surface area contributed by atoms with E-state index in [1.807, 2.05) is 11.0 Å². The van der Waals surface area contributed by atoms with Gasteiger partial charge in [0, 0.05) is 37.5 Å². The fourth-order valence-electron chi connectivity index (χ4n) is 3.70. The molecule has 5 heterocycles. The molecule has 0 unspecified atom stereocenters. The Morgan fingerprint density at radius 1 is 1.19 bits per heavy atom. The van der Waals surface area contributed by atoms with E-state index in [1.54, 1.807) is 23.0 Å². The summed E-state index contributed by atoms with van der Waals surface area (Å²) in [5.41, 5.74) is 3.52. The zero-order valence-electron chi connectivity index (χ0n) is 16.5. The van der Waals surface area contributed by atoms with E-state index in [0.29, 0.717) is 53.3 Å². The molecule has 11 heteroatoms. The van der Waals surface area contributed by atoms with Crippen LogP contribution in [0.5, 0.6) is 0 Å². The average Bonchev–Trinajstić information content (AvgIpc) is 3.39. The van der Waals surface area contributed by atoms with Crippen LogP contribution in [0.25, 0.3) is 16.9 Å². The van der Waals surface area contributed by atoms with E-state index in [-0.39, 0.29) is 18.3 Å². The summed E-state index contributed by atoms with van der Waals surface area (Å²) in [6, 6.07) is 4.13. The van der Waals surface area contributed by atoms with E-state index < -0.39 is 0 Å². The standard InChI is InChI=1S/C20H19N7O3.ClH/c28-19(13-11-22-27-5-1-4-21-18(13)27)23-14-10-15-17(24-16(14)12-2-3-12)25-20(30-15)26-6-8-29-9-7-26;/h1,4-5,10-12H,2-3,6-9H2,(H,23,28);1H. The lowest BCUT2D eigenvalue weighted by molar-refractivity contribution is 0.102. The van der Waals surface area contributed by atoms with Gasteiger partial charge < -0.3 is 19.4 Å². The van der Waals surface area contributed by atoms with Crippen molar-refractivity contribution >= 4 is 46.9 Å². The van der Waals surface area contributed by atoms with Crippen molar-refractivity contribution < 1.29 is 13.9 Å². The Bertz CT molecular complexity index is 1260. The highest BCUT2D eigenvalue weighted by Gasteiger charge is 2.30. The molecule has 1 saturated heterocycles. The van der Waals surface area contributed by atoms with Gasteiger partial charge in [0.2, 0.25) is 5.65 Å². The quantitative estimate of drug-likeness (QED) is 0.514. The Balaban J connectivity index is 0.00000204. The zero-order valence-corrected chi connectivity index (χ0v) is 17.3. The molecule has 2 fully saturated rings. The number of carbonyl (C=O) groups excluding carboxylic acids is 1. The lowest BCUT2D eigenvalue weighted by Gasteiger charge is -2.24. The molecule has 0 atom stereocenters. The minimum Gasteiger partial charge on any atom is -0.422 e. The molecule has 31 heavy (non-hydrogen) atoms. The van der Waals surface area contributed by atoms with Crippen LogP contribution >= 0.6 is 12.4 Å². The minimum atomic E-state index is -0.278. The molecule has 0 aromatic carbocycles. The number of rotatable bonds is 4. The molecule has 1 N–H and O–H groups in total. The van der Waals surface area contributed by atoms with Crippen molar-refractivity contribution in [2.75, 3.05) is 36.5 Å². The molecule has 0 bridgehead atoms. The van der Waals surface area contributed by atoms with Gasteiger partial charge >= 0.3 is 0 Å². The number of aromatic nitrogens is 5. The van der Waals surface area contributed by atoms with Gasteiger partial charge in [-0.2, -0.15) is 10.1 Å². The third-order valence-corrected chi connectivity index (χ3v) is 5.42. The molecule has 1 aliphatic carbocycles. The number of halogens is 1. The summed E-state index contributed by atoms with van der Waals surface area (Å²) < 4.78 is 12.9. The van der Waals surface area contributed by atoms with Crippen LogP contribution in [0, 0.1) is 0 Å². The number of hydrogen-bond acceptors (Lipinski definition) is 8. The van der Waals surface area contributed by atoms with Gasteiger partial charge in [0.25, 0.3) is 11.9 Å². The second-order valence-corrected chi connectivity index (χ2v) is 7.51. The highest BCUT2D eigenvalue weighted by molar-refractivity contribution is 6.08. The summed E-state index contributed by atoms with van der Waals surface area (Å²) >= 11 is 0. The zero-order chi connectivity index (χ0) is 20.1. The molecule has 160 valence electrons. The van der Waals surface area contributed by atoms with Crippen LogP contribution in [-0.2, 0) is 4.74 Å². The first-order valence-electron chi connectivity index (χ1n) is 10.00. The van der Waals surface area contributed by atoms with Gasteiger partial charge in [0.05, 0.1) is 30.8 Å². The van der Waals surface area contributed by atoms with Gasteiger partial charge in [0.15, 0.2) is 11.2 Å². The van der Waals surface area contributed by atoms with Crippen molar-refractivity contribution in [2.24, 2.45) is 0 Å². The number of oxazole rings is 1. The Morgan fingerprint density at radius 2 is 2.03 bits per heavy atom. The number of anilines is 2. The largest absolute Gasteiger partial charge is 0.422 e. The average molecular weight is 442 g/mol. The summed E-state index contributed by atoms with van der Waals surface area (Å²) in [6.45, 7) is 2.75. The van der Waals surface area contributed by atoms with Crippen LogP contribution in [0.4, 0.5) is 11.7 Å². The van der Waals surface area contributed by atoms with Gasteiger partial charge in [-0.25, -0.2) is 14.5 Å². The van der Waals surface area contributed by atoms with E-state index in [1.165, 1.54) is 6.20 Å². The minimum absolute atomic E-state index is 0. The van der Waals surface area contributed by atoms with Crippen LogP contribution < -0.4 is 10.2 Å². The molecule has 6 rings (SSSR count). The van der Waals surface area contributed by atoms with E-state index in [4.69, 9.17) is 14.1 Å². The Kier molecular flexibility index (Phi) is 4.95. The maximum atomic E-state index is 13.0. The second kappa shape index (κ2) is 7.78. The van der Waals surface area contributed by atoms with Gasteiger partial charge in [0.1, 0.15) is 5.56 Å². The number of amides is 1. The summed E-state index contributed by atoms with van der Waals surface area (Å²) in [4.78, 5) is 28.6. The molecule has 4 aromatic heterocycles. The Morgan fingerprint density at radius 3 is 2.84 bits per heavy atom. The molecule has 0 radical (unpaired) electrons. The van der Waals surface area contributed by atoms with Gasteiger partial charge in [-0.15, -0.1) is 12.4 Å². The van der Waals surface area contributed by atoms with Gasteiger partial charge in [-0.3, -0.25) is 4.79 Å². The van der Waals surface area contributed by atoms with E-state index in [2.05, 4.69) is 20.4 Å². The van der Waals surface area contributed by atoms with Crippen LogP contribution in [0.3, 0.4) is 0 Å². The Labute approximate surface area is 183 Å². The maximum Gasteiger partial charge on any atom is 0.300 e. The van der Waals surface area contributed by atoms with Crippen LogP contribution in [0.2, 0.25) is 0 Å². The number of carbonyl (C=O) groups is 1. The molecule has 0 spiro atoms. The molecule has 1 aliphatic heterocycles. The van der Waals surface area contributed by atoms with Gasteiger partial charge in [-0.1, -0.05) is 0 Å². The molecule has 10 nitrogen and oxygen atoms in total. The van der Waals surface area contributed by atoms with Crippen molar-refractivity contribution in [3.8, 4) is 0 Å². The number of ether oxygens (including phenoxy) is 1. The van der Waals surface area contributed by atoms with Crippen molar-refractivity contribution in [3.05, 3.63) is 42.0 Å². The number of nitrogens with zero attached hydrogens (tertiary/aromatic N) is 6. The number of nitrogens with one attached hydrogen (secondary N) is 1. The van der Waals surface area contributed by atoms with Crippen molar-refractivity contribution in [1.82, 2.24) is 24.6 Å². The van der Waals surface area contributed by atoms with E-state index >= 15 is 0 Å². The summed E-state index contributed by atoms with van der Waals surface area (Å²) in [6.07, 6.45) is 7.01. The van der Waals surface area contributed by atoms with Crippen LogP contribution in [0.15, 0.2) is 35.1 Å². The number of hydrogen-bond donors (Lipinski definition) is 1. The molecular weight excluding hydrogens is 422 g/mol. The molecule has 2 aliphatic rings. The van der Waals surface area contributed by atoms with Crippen molar-refractivity contribution in [1.29, 1.82) is 0 Å². The second-order valence-electron chi connectivity index (χ2n) is 7.51. The predicted octanol–water partition coefficient (Wildman–Crippen LogP) is 2.65. The monoisotopic (exact) mass is 441 g/mol. The summed E-state index contributed by atoms with van der Waals surface area (Å²) in [5, 5.41) is 7.18. The first-order valence-corrected chi connectivity index (χ1v) is 10.00. The topological polar surface area (TPSA) is 111 Å². The maximum absolute atomic E-state index is 13.0. The molecular formula is C20H20ClN7O3. The van der Waals surface area contributed by atoms with Gasteiger partial charge in [-0.05, 0) is 18.9 Å². The fourth-order valence-corrected chi connectivity index (χ4v) is 3.70. The lowest BCUT2D eigenvalue weighted by atomic mass is 10.2. The normalized spacial score (nSPS) is 16.5. The number of fused-ring (bicyclic) bond motifs is 2. The number of morpholine rings is 1. The third-order valence-electron chi connectivity index (χ3n) is 5.42. The lowest BCUT2D eigenvalue weighted by Crippen LogP contribution is -2.36. The third kappa shape index (κ3) is 3.57. The van der Waals surface area contributed by atoms with E-state index in [9.17, 15) is 4.79 Å². The predicted molar refractivity (Wildman–Crippen MR) is 115 cm³/mol. The van der Waals surface area contributed by atoms with E-state index in [0.717, 1.165) is 31.6 Å². The highest BCUT2D eigenvalue weighted by atomic mass is 35.5. The first kappa shape index (κ1) is 19.7. The summed E-state index contributed by atoms with van der Waals surface area (Å²) in [7, 11) is 0. The number of pyridine rings is 1. The molecule has 1 amide bonds. The highest BCUT2D eigenvalue weighted by Crippen LogP contribution is 2.43. The van der Waals surface area contributed by atoms with Crippen molar-refractivity contribution in [3.63, 3.8) is 0 Å². The first-order chi connectivity index (χ1) is 14.8. The van der Waals surface area contributed by atoms with Crippen LogP contribution in [0.1, 0.15) is 34.8 Å². The fraction of sp³-hybridized carbons (Fsp3) is 0.350. The summed E-state index contributed by atoms with van der Waals surface area (Å²) in [5.74, 6) is 0.0509. The van der Waals surface area contributed by atoms with Crippen LogP contribution in [-0.4, -0.2) is 56.8 Å². The van der Waals surface area contributed by atoms with Crippen molar-refractivity contribution in [2.45, 2.75) is 18.8 Å². The smallest absolute Gasteiger partial charge is 0.300 e.